The molecule has 0 aliphatic carbocycles. The molecule has 1 aliphatic heterocycles. The highest BCUT2D eigenvalue weighted by atomic mass is 32.2. The molecule has 1 aliphatic rings. The predicted octanol–water partition coefficient (Wildman–Crippen LogP) is 0.985. The molecule has 0 amide bonds. The first-order chi connectivity index (χ1) is 13.0. The van der Waals surface area contributed by atoms with E-state index in [1.165, 1.54) is 19.4 Å². The van der Waals surface area contributed by atoms with Crippen LogP contribution < -0.4 is 5.73 Å². The molecule has 148 valence electrons. The maximum Gasteiger partial charge on any atom is 0.239 e. The predicted molar refractivity (Wildman–Crippen MR) is 96.9 cm³/mol. The van der Waals surface area contributed by atoms with Crippen molar-refractivity contribution in [1.82, 2.24) is 14.3 Å². The number of sulfonamides is 1. The summed E-state index contributed by atoms with van der Waals surface area (Å²) in [5.41, 5.74) is 4.89. The van der Waals surface area contributed by atoms with Gasteiger partial charge in [-0.1, -0.05) is 0 Å². The number of Topliss-reactive ketones (excluding diaryl/α,β-unsaturated/α-hetero) is 1. The number of aliphatic imine (C=N–C) groups is 1. The van der Waals surface area contributed by atoms with Crippen LogP contribution in [0.3, 0.4) is 0 Å². The lowest BCUT2D eigenvalue weighted by atomic mass is 9.94. The van der Waals surface area contributed by atoms with Crippen LogP contribution in [0, 0.1) is 11.6 Å². The Morgan fingerprint density at radius 1 is 1.29 bits per heavy atom. The molecule has 2 aromatic rings. The minimum absolute atomic E-state index is 0.159. The number of guanidine groups is 1. The molecule has 28 heavy (non-hydrogen) atoms. The van der Waals surface area contributed by atoms with Gasteiger partial charge in [-0.2, -0.15) is 0 Å². The Labute approximate surface area is 160 Å². The topological polar surface area (TPSA) is 119 Å². The largest absolute Gasteiger partial charge is 0.369 e. The second-order valence-electron chi connectivity index (χ2n) is 6.63. The number of nitrogens with zero attached hydrogens (tertiary/aromatic N) is 4. The Morgan fingerprint density at radius 3 is 2.64 bits per heavy atom. The fraction of sp³-hybridized carbons (Fsp3) is 0.294. The molecule has 11 heteroatoms. The third-order valence-corrected chi connectivity index (χ3v) is 6.37. The van der Waals surface area contributed by atoms with Crippen LogP contribution in [0.5, 0.6) is 0 Å². The van der Waals surface area contributed by atoms with Gasteiger partial charge in [0.2, 0.25) is 16.0 Å². The van der Waals surface area contributed by atoms with Crippen LogP contribution in [0.15, 0.2) is 35.7 Å². The molecule has 0 saturated heterocycles. The first-order valence-corrected chi connectivity index (χ1v) is 9.73. The fourth-order valence-corrected chi connectivity index (χ4v) is 4.33. The van der Waals surface area contributed by atoms with Crippen LogP contribution in [0.4, 0.5) is 8.78 Å². The molecule has 3 rings (SSSR count). The Bertz CT molecular complexity index is 1090. The maximum absolute atomic E-state index is 13.8. The molecule has 0 radical (unpaired) electrons. The maximum atomic E-state index is 13.8. The second kappa shape index (κ2) is 6.89. The summed E-state index contributed by atoms with van der Waals surface area (Å²) in [6.07, 6.45) is 3.33. The highest BCUT2D eigenvalue weighted by molar-refractivity contribution is 7.89. The number of carbonyl (C=O) groups excluding carboxylic acids is 1. The van der Waals surface area contributed by atoms with Crippen molar-refractivity contribution < 1.29 is 22.0 Å². The summed E-state index contributed by atoms with van der Waals surface area (Å²) >= 11 is 0. The molecular formula is C17H17F2N5O3S. The first kappa shape index (κ1) is 19.8. The van der Waals surface area contributed by atoms with Crippen molar-refractivity contribution in [3.05, 3.63) is 59.2 Å². The molecule has 0 aromatic carbocycles. The zero-order valence-corrected chi connectivity index (χ0v) is 15.9. The molecule has 2 N–H and O–H groups in total. The summed E-state index contributed by atoms with van der Waals surface area (Å²) in [5, 5.41) is 0. The van der Waals surface area contributed by atoms with Crippen LogP contribution in [0.1, 0.15) is 28.5 Å². The van der Waals surface area contributed by atoms with E-state index in [1.807, 2.05) is 0 Å². The monoisotopic (exact) mass is 409 g/mol. The highest BCUT2D eigenvalue weighted by Crippen LogP contribution is 2.31. The Hall–Kier alpha value is -2.95. The number of rotatable bonds is 4. The van der Waals surface area contributed by atoms with Gasteiger partial charge in [-0.05, 0) is 24.1 Å². The van der Waals surface area contributed by atoms with Gasteiger partial charge in [-0.15, -0.1) is 0 Å². The van der Waals surface area contributed by atoms with Crippen LogP contribution in [-0.4, -0.2) is 47.2 Å². The van der Waals surface area contributed by atoms with Gasteiger partial charge < -0.3 is 5.73 Å². The van der Waals surface area contributed by atoms with Crippen molar-refractivity contribution in [2.75, 3.05) is 12.8 Å². The van der Waals surface area contributed by atoms with Crippen molar-refractivity contribution in [2.45, 2.75) is 18.9 Å². The molecule has 2 aromatic heterocycles. The number of halogens is 2. The molecule has 0 bridgehead atoms. The smallest absolute Gasteiger partial charge is 0.239 e. The van der Waals surface area contributed by atoms with Gasteiger partial charge in [0.25, 0.3) is 0 Å². The molecule has 0 spiro atoms. The van der Waals surface area contributed by atoms with Gasteiger partial charge in [0.1, 0.15) is 17.1 Å². The Kier molecular flexibility index (Phi) is 4.88. The van der Waals surface area contributed by atoms with Crippen molar-refractivity contribution >= 4 is 21.8 Å². The van der Waals surface area contributed by atoms with Crippen molar-refractivity contribution in [1.29, 1.82) is 0 Å². The van der Waals surface area contributed by atoms with E-state index < -0.39 is 38.7 Å². The van der Waals surface area contributed by atoms with E-state index in [-0.39, 0.29) is 18.1 Å². The zero-order valence-electron chi connectivity index (χ0n) is 15.1. The number of aromatic nitrogens is 2. The second-order valence-corrected chi connectivity index (χ2v) is 8.63. The third-order valence-electron chi connectivity index (χ3n) is 4.42. The summed E-state index contributed by atoms with van der Waals surface area (Å²) < 4.78 is 52.2. The molecule has 8 nitrogen and oxygen atoms in total. The van der Waals surface area contributed by atoms with E-state index in [1.54, 1.807) is 13.0 Å². The van der Waals surface area contributed by atoms with E-state index in [0.29, 0.717) is 17.2 Å². The number of carbonyl (C=O) groups is 1. The third kappa shape index (κ3) is 3.70. The lowest BCUT2D eigenvalue weighted by Gasteiger charge is -2.34. The SMILES string of the molecule is CN1C(N)=N[C@](C)(c2cncc(CC(=O)c3ncc(F)cc3F)c2)CS1(=O)=O. The average Bonchev–Trinajstić information content (AvgIpc) is 2.59. The van der Waals surface area contributed by atoms with Crippen LogP contribution in [0.25, 0.3) is 0 Å². The highest BCUT2D eigenvalue weighted by Gasteiger charge is 2.40. The number of hydrogen-bond donors (Lipinski definition) is 1. The summed E-state index contributed by atoms with van der Waals surface area (Å²) in [5.74, 6) is -3.09. The molecule has 1 atom stereocenters. The Balaban J connectivity index is 1.92. The van der Waals surface area contributed by atoms with Gasteiger partial charge in [-0.25, -0.2) is 31.5 Å². The van der Waals surface area contributed by atoms with Crippen molar-refractivity contribution in [2.24, 2.45) is 10.7 Å². The van der Waals surface area contributed by atoms with Gasteiger partial charge in [0.05, 0.1) is 11.9 Å². The number of nitrogens with two attached hydrogens (primary N) is 1. The zero-order chi connectivity index (χ0) is 20.7. The number of ketones is 1. The normalized spacial score (nSPS) is 21.3. The molecule has 0 fully saturated rings. The van der Waals surface area contributed by atoms with E-state index in [9.17, 15) is 22.0 Å². The summed E-state index contributed by atoms with van der Waals surface area (Å²) in [6.45, 7) is 1.59. The van der Waals surface area contributed by atoms with Gasteiger partial charge in [0.15, 0.2) is 11.6 Å². The van der Waals surface area contributed by atoms with Crippen molar-refractivity contribution in [3.63, 3.8) is 0 Å². The molecule has 3 heterocycles. The van der Waals surface area contributed by atoms with Gasteiger partial charge in [0, 0.05) is 31.9 Å². The summed E-state index contributed by atoms with van der Waals surface area (Å²) in [7, 11) is -2.36. The molecule has 0 unspecified atom stereocenters. The van der Waals surface area contributed by atoms with E-state index in [4.69, 9.17) is 5.73 Å². The van der Waals surface area contributed by atoms with E-state index >= 15 is 0 Å². The minimum Gasteiger partial charge on any atom is -0.369 e. The van der Waals surface area contributed by atoms with Crippen LogP contribution in [-0.2, 0) is 22.0 Å². The van der Waals surface area contributed by atoms with E-state index in [2.05, 4.69) is 15.0 Å². The summed E-state index contributed by atoms with van der Waals surface area (Å²) in [6, 6.07) is 2.14. The minimum atomic E-state index is -3.67. The number of hydrogen-bond acceptors (Lipinski definition) is 7. The van der Waals surface area contributed by atoms with Crippen LogP contribution in [0.2, 0.25) is 0 Å². The average molecular weight is 409 g/mol. The van der Waals surface area contributed by atoms with Crippen molar-refractivity contribution in [3.8, 4) is 0 Å². The quantitative estimate of drug-likeness (QED) is 0.752. The first-order valence-electron chi connectivity index (χ1n) is 8.12. The molecule has 0 saturated carbocycles. The lowest BCUT2D eigenvalue weighted by molar-refractivity contribution is 0.0983. The van der Waals surface area contributed by atoms with Gasteiger partial charge >= 0.3 is 0 Å². The van der Waals surface area contributed by atoms with Crippen LogP contribution >= 0.6 is 0 Å². The summed E-state index contributed by atoms with van der Waals surface area (Å²) in [4.78, 5) is 24.1. The molecular weight excluding hydrogens is 392 g/mol. The lowest BCUT2D eigenvalue weighted by Crippen LogP contribution is -2.50. The Morgan fingerprint density at radius 2 is 2.00 bits per heavy atom. The van der Waals surface area contributed by atoms with Gasteiger partial charge in [-0.3, -0.25) is 9.78 Å². The fourth-order valence-electron chi connectivity index (χ4n) is 2.87. The standard InChI is InChI=1S/C17H17F2N5O3S/c1-17(9-28(26,27)24(2)16(20)23-17)11-3-10(6-21-7-11)4-14(25)15-13(19)5-12(18)8-22-15/h3,5-8H,4,9H2,1-2H3,(H2,20,23)/t17-/m0/s1. The number of pyridine rings is 2. The van der Waals surface area contributed by atoms with E-state index in [0.717, 1.165) is 10.5 Å².